The van der Waals surface area contributed by atoms with Crippen molar-refractivity contribution in [2.45, 2.75) is 19.5 Å². The molecule has 0 saturated carbocycles. The fraction of sp³-hybridized carbons (Fsp3) is 0.400. The number of ether oxygens (including phenoxy) is 1. The van der Waals surface area contributed by atoms with Gasteiger partial charge in [-0.1, -0.05) is 18.2 Å². The molecule has 0 radical (unpaired) electrons. The van der Waals surface area contributed by atoms with E-state index in [1.165, 1.54) is 17.0 Å². The van der Waals surface area contributed by atoms with Gasteiger partial charge in [0, 0.05) is 32.4 Å². The summed E-state index contributed by atoms with van der Waals surface area (Å²) >= 11 is 1.36. The number of amides is 2. The van der Waals surface area contributed by atoms with Gasteiger partial charge in [-0.05, 0) is 36.1 Å². The molecule has 1 unspecified atom stereocenters. The molecule has 1 aliphatic rings. The van der Waals surface area contributed by atoms with Gasteiger partial charge >= 0.3 is 0 Å². The van der Waals surface area contributed by atoms with Crippen molar-refractivity contribution in [1.29, 1.82) is 0 Å². The maximum Gasteiger partial charge on any atom is 0.261 e. The van der Waals surface area contributed by atoms with E-state index in [-0.39, 0.29) is 11.8 Å². The Morgan fingerprint density at radius 1 is 1.22 bits per heavy atom. The summed E-state index contributed by atoms with van der Waals surface area (Å²) in [7, 11) is 1.76. The van der Waals surface area contributed by atoms with E-state index in [4.69, 9.17) is 4.74 Å². The minimum atomic E-state index is -0.572. The summed E-state index contributed by atoms with van der Waals surface area (Å²) in [4.78, 5) is 29.2. The van der Waals surface area contributed by atoms with E-state index in [0.29, 0.717) is 11.4 Å². The zero-order chi connectivity index (χ0) is 19.2. The first-order chi connectivity index (χ1) is 13.0. The van der Waals surface area contributed by atoms with Crippen LogP contribution in [0.4, 0.5) is 5.69 Å². The summed E-state index contributed by atoms with van der Waals surface area (Å²) in [5.74, 6) is -0.328. The zero-order valence-corrected chi connectivity index (χ0v) is 16.5. The third kappa shape index (κ3) is 5.08. The first kappa shape index (κ1) is 19.4. The van der Waals surface area contributed by atoms with Gasteiger partial charge in [-0.2, -0.15) is 0 Å². The number of anilines is 1. The van der Waals surface area contributed by atoms with Gasteiger partial charge in [-0.3, -0.25) is 9.59 Å². The lowest BCUT2D eigenvalue weighted by atomic mass is 10.1. The van der Waals surface area contributed by atoms with Gasteiger partial charge in [0.05, 0.1) is 18.1 Å². The Morgan fingerprint density at radius 2 is 1.93 bits per heavy atom. The molecular formula is C20H25N3O3S. The van der Waals surface area contributed by atoms with Crippen molar-refractivity contribution in [1.82, 2.24) is 10.2 Å². The van der Waals surface area contributed by atoms with E-state index in [0.717, 1.165) is 31.9 Å². The highest BCUT2D eigenvalue weighted by Crippen LogP contribution is 2.17. The van der Waals surface area contributed by atoms with Crippen LogP contribution in [0.2, 0.25) is 0 Å². The minimum absolute atomic E-state index is 0.114. The molecule has 2 amide bonds. The van der Waals surface area contributed by atoms with Gasteiger partial charge in [-0.15, -0.1) is 11.3 Å². The highest BCUT2D eigenvalue weighted by Gasteiger charge is 2.20. The van der Waals surface area contributed by atoms with Crippen LogP contribution in [0.3, 0.4) is 0 Å². The van der Waals surface area contributed by atoms with Gasteiger partial charge < -0.3 is 19.9 Å². The van der Waals surface area contributed by atoms with E-state index in [9.17, 15) is 9.59 Å². The lowest BCUT2D eigenvalue weighted by Crippen LogP contribution is -2.45. The summed E-state index contributed by atoms with van der Waals surface area (Å²) in [6.45, 7) is 5.54. The monoisotopic (exact) mass is 387 g/mol. The Hall–Kier alpha value is -2.38. The summed E-state index contributed by atoms with van der Waals surface area (Å²) in [6, 6.07) is 11.3. The Bertz CT molecular complexity index is 755. The average molecular weight is 388 g/mol. The van der Waals surface area contributed by atoms with Crippen LogP contribution < -0.4 is 10.2 Å². The Labute approximate surface area is 163 Å². The summed E-state index contributed by atoms with van der Waals surface area (Å²) < 4.78 is 5.38. The van der Waals surface area contributed by atoms with Crippen molar-refractivity contribution < 1.29 is 14.3 Å². The molecule has 1 aromatic carbocycles. The fourth-order valence-corrected chi connectivity index (χ4v) is 3.68. The number of morpholine rings is 1. The van der Waals surface area contributed by atoms with Crippen LogP contribution in [0.1, 0.15) is 22.2 Å². The van der Waals surface area contributed by atoms with Crippen LogP contribution >= 0.6 is 11.3 Å². The number of benzene rings is 1. The summed E-state index contributed by atoms with van der Waals surface area (Å²) in [5, 5.41) is 4.60. The second kappa shape index (κ2) is 9.01. The number of rotatable bonds is 6. The molecule has 1 saturated heterocycles. The fourth-order valence-electron chi connectivity index (χ4n) is 3.05. The van der Waals surface area contributed by atoms with Crippen LogP contribution in [0, 0.1) is 0 Å². The number of hydrogen-bond acceptors (Lipinski definition) is 5. The van der Waals surface area contributed by atoms with Crippen LogP contribution in [0.5, 0.6) is 0 Å². The molecule has 1 aliphatic heterocycles. The van der Waals surface area contributed by atoms with Gasteiger partial charge in [0.2, 0.25) is 5.91 Å². The molecule has 7 heteroatoms. The summed E-state index contributed by atoms with van der Waals surface area (Å²) in [6.07, 6.45) is 0. The third-order valence-electron chi connectivity index (χ3n) is 4.57. The van der Waals surface area contributed by atoms with Crippen molar-refractivity contribution in [3.8, 4) is 0 Å². The lowest BCUT2D eigenvalue weighted by Gasteiger charge is -2.29. The number of nitrogens with one attached hydrogen (secondary N) is 1. The smallest absolute Gasteiger partial charge is 0.261 e. The number of carbonyl (C=O) groups is 2. The van der Waals surface area contributed by atoms with Gasteiger partial charge in [0.15, 0.2) is 0 Å². The van der Waals surface area contributed by atoms with Crippen LogP contribution in [0.25, 0.3) is 0 Å². The number of thiophene rings is 1. The first-order valence-corrected chi connectivity index (χ1v) is 9.93. The maximum absolute atomic E-state index is 12.6. The lowest BCUT2D eigenvalue weighted by molar-refractivity contribution is -0.132. The van der Waals surface area contributed by atoms with Crippen molar-refractivity contribution in [3.63, 3.8) is 0 Å². The molecule has 3 rings (SSSR count). The van der Waals surface area contributed by atoms with Crippen molar-refractivity contribution in [2.24, 2.45) is 0 Å². The van der Waals surface area contributed by atoms with Crippen LogP contribution in [-0.4, -0.2) is 56.1 Å². The van der Waals surface area contributed by atoms with Gasteiger partial charge in [-0.25, -0.2) is 0 Å². The molecule has 1 fully saturated rings. The predicted molar refractivity (Wildman–Crippen MR) is 107 cm³/mol. The number of nitrogens with zero attached hydrogens (tertiary/aromatic N) is 2. The molecule has 0 spiro atoms. The molecule has 2 aromatic rings. The van der Waals surface area contributed by atoms with Crippen molar-refractivity contribution in [3.05, 3.63) is 52.2 Å². The maximum atomic E-state index is 12.6. The summed E-state index contributed by atoms with van der Waals surface area (Å²) in [5.41, 5.74) is 2.23. The third-order valence-corrected chi connectivity index (χ3v) is 5.44. The van der Waals surface area contributed by atoms with Gasteiger partial charge in [0.25, 0.3) is 5.91 Å². The van der Waals surface area contributed by atoms with E-state index < -0.39 is 6.04 Å². The Morgan fingerprint density at radius 3 is 2.56 bits per heavy atom. The van der Waals surface area contributed by atoms with E-state index in [1.807, 2.05) is 23.6 Å². The molecule has 27 heavy (non-hydrogen) atoms. The van der Waals surface area contributed by atoms with Crippen molar-refractivity contribution in [2.75, 3.05) is 38.3 Å². The normalized spacial score (nSPS) is 15.3. The number of hydrogen-bond donors (Lipinski definition) is 1. The molecule has 1 atom stereocenters. The molecule has 1 N–H and O–H groups in total. The molecule has 2 heterocycles. The number of likely N-dealkylation sites (N-methyl/N-ethyl adjacent to an activating group) is 1. The first-order valence-electron chi connectivity index (χ1n) is 9.05. The number of carbonyl (C=O) groups excluding carboxylic acids is 2. The van der Waals surface area contributed by atoms with Crippen LogP contribution in [0.15, 0.2) is 41.8 Å². The largest absolute Gasteiger partial charge is 0.378 e. The molecule has 1 aromatic heterocycles. The molecule has 144 valence electrons. The molecule has 0 aliphatic carbocycles. The average Bonchev–Trinajstić information content (AvgIpc) is 3.23. The second-order valence-corrected chi connectivity index (χ2v) is 7.58. The molecular weight excluding hydrogens is 362 g/mol. The van der Waals surface area contributed by atoms with Gasteiger partial charge in [0.1, 0.15) is 6.04 Å². The Balaban J connectivity index is 1.53. The van der Waals surface area contributed by atoms with E-state index in [2.05, 4.69) is 22.3 Å². The quantitative estimate of drug-likeness (QED) is 0.827. The SMILES string of the molecule is CC(NC(=O)c1cccs1)C(=O)N(C)Cc1ccc(N2CCOCC2)cc1. The highest BCUT2D eigenvalue weighted by molar-refractivity contribution is 7.12. The topological polar surface area (TPSA) is 61.9 Å². The molecule has 6 nitrogen and oxygen atoms in total. The second-order valence-electron chi connectivity index (χ2n) is 6.63. The zero-order valence-electron chi connectivity index (χ0n) is 15.7. The minimum Gasteiger partial charge on any atom is -0.378 e. The van der Waals surface area contributed by atoms with Crippen molar-refractivity contribution >= 4 is 28.8 Å². The predicted octanol–water partition coefficient (Wildman–Crippen LogP) is 2.36. The Kier molecular flexibility index (Phi) is 6.47. The molecule has 0 bridgehead atoms. The van der Waals surface area contributed by atoms with E-state index >= 15 is 0 Å². The van der Waals surface area contributed by atoms with E-state index in [1.54, 1.807) is 24.9 Å². The highest BCUT2D eigenvalue weighted by atomic mass is 32.1. The van der Waals surface area contributed by atoms with Crippen LogP contribution in [-0.2, 0) is 16.1 Å². The standard InChI is InChI=1S/C20H25N3O3S/c1-15(21-19(24)18-4-3-13-27-18)20(25)22(2)14-16-5-7-17(8-6-16)23-9-11-26-12-10-23/h3-8,13,15H,9-12,14H2,1-2H3,(H,21,24).